The van der Waals surface area contributed by atoms with E-state index in [0.29, 0.717) is 29.7 Å². The number of carbonyl (C=O) groups excluding carboxylic acids is 1. The molecule has 29 heavy (non-hydrogen) atoms. The fraction of sp³-hybridized carbons (Fsp3) is 0.190. The number of carboxylic acids is 1. The molecule has 3 N–H and O–H groups in total. The molecule has 0 saturated carbocycles. The maximum atomic E-state index is 12.6. The molecule has 0 saturated heterocycles. The highest BCUT2D eigenvalue weighted by Gasteiger charge is 2.20. The molecule has 0 bridgehead atoms. The number of hydrogen-bond donors (Lipinski definition) is 3. The van der Waals surface area contributed by atoms with Gasteiger partial charge in [0.2, 0.25) is 0 Å². The van der Waals surface area contributed by atoms with Crippen LogP contribution in [0, 0.1) is 0 Å². The third-order valence-corrected chi connectivity index (χ3v) is 4.48. The molecule has 0 aliphatic rings. The van der Waals surface area contributed by atoms with E-state index in [1.807, 2.05) is 0 Å². The average Bonchev–Trinajstić information content (AvgIpc) is 2.72. The number of nitrogens with one attached hydrogen (secondary N) is 1. The minimum Gasteiger partial charge on any atom is -0.502 e. The Morgan fingerprint density at radius 2 is 1.79 bits per heavy atom. The number of amides is 1. The molecule has 0 fully saturated rings. The highest BCUT2D eigenvalue weighted by Crippen LogP contribution is 2.23. The van der Waals surface area contributed by atoms with Crippen molar-refractivity contribution < 1.29 is 24.5 Å². The predicted octanol–water partition coefficient (Wildman–Crippen LogP) is 2.14. The van der Waals surface area contributed by atoms with Crippen LogP contribution < -0.4 is 15.6 Å². The molecule has 1 aromatic heterocycles. The number of hydrogen-bond acceptors (Lipinski definition) is 5. The van der Waals surface area contributed by atoms with Crippen LogP contribution in [0.5, 0.6) is 11.5 Å². The first-order valence-corrected chi connectivity index (χ1v) is 8.95. The van der Waals surface area contributed by atoms with Gasteiger partial charge in [-0.1, -0.05) is 18.2 Å². The number of para-hydroxylation sites is 1. The largest absolute Gasteiger partial charge is 0.502 e. The summed E-state index contributed by atoms with van der Waals surface area (Å²) in [4.78, 5) is 35.6. The van der Waals surface area contributed by atoms with Crippen molar-refractivity contribution in [2.45, 2.75) is 6.42 Å². The molecule has 0 spiro atoms. The minimum absolute atomic E-state index is 0.0473. The fourth-order valence-electron chi connectivity index (χ4n) is 2.96. The Kier molecular flexibility index (Phi) is 5.82. The lowest BCUT2D eigenvalue weighted by Crippen LogP contribution is -2.28. The summed E-state index contributed by atoms with van der Waals surface area (Å²) in [5.74, 6) is -1.61. The van der Waals surface area contributed by atoms with Crippen molar-refractivity contribution in [1.29, 1.82) is 0 Å². The molecule has 0 aliphatic heterocycles. The highest BCUT2D eigenvalue weighted by atomic mass is 16.5. The lowest BCUT2D eigenvalue weighted by atomic mass is 10.1. The number of aromatic nitrogens is 1. The fourth-order valence-corrected chi connectivity index (χ4v) is 2.96. The van der Waals surface area contributed by atoms with Crippen LogP contribution in [-0.4, -0.2) is 39.8 Å². The Morgan fingerprint density at radius 1 is 1.10 bits per heavy atom. The third kappa shape index (κ3) is 4.21. The second-order valence-electron chi connectivity index (χ2n) is 6.39. The third-order valence-electron chi connectivity index (χ3n) is 4.48. The standard InChI is InChI=1S/C21H20N2O6/c1-23-16-6-3-2-5-15(16)17(18(24)20(23)26)19(25)22-11-4-12-29-14-9-7-13(8-10-14)21(27)28/h2-3,5-10,24H,4,11-12H2,1H3,(H,22,25)(H,27,28). The van der Waals surface area contributed by atoms with Gasteiger partial charge in [-0.25, -0.2) is 4.79 Å². The van der Waals surface area contributed by atoms with E-state index in [1.165, 1.54) is 23.7 Å². The molecule has 3 rings (SSSR count). The average molecular weight is 396 g/mol. The van der Waals surface area contributed by atoms with Crippen LogP contribution in [0.25, 0.3) is 10.9 Å². The number of aryl methyl sites for hydroxylation is 1. The summed E-state index contributed by atoms with van der Waals surface area (Å²) >= 11 is 0. The molecular weight excluding hydrogens is 376 g/mol. The number of pyridine rings is 1. The summed E-state index contributed by atoms with van der Waals surface area (Å²) in [5.41, 5.74) is 0.0371. The number of nitrogens with zero attached hydrogens (tertiary/aromatic N) is 1. The van der Waals surface area contributed by atoms with E-state index < -0.39 is 23.2 Å². The number of benzene rings is 2. The molecule has 1 heterocycles. The normalized spacial score (nSPS) is 10.7. The van der Waals surface area contributed by atoms with Gasteiger partial charge in [-0.2, -0.15) is 0 Å². The smallest absolute Gasteiger partial charge is 0.335 e. The summed E-state index contributed by atoms with van der Waals surface area (Å²) in [6.07, 6.45) is 0.482. The first kappa shape index (κ1) is 19.9. The topological polar surface area (TPSA) is 118 Å². The zero-order valence-electron chi connectivity index (χ0n) is 15.7. The highest BCUT2D eigenvalue weighted by molar-refractivity contribution is 6.08. The Bertz CT molecular complexity index is 1120. The van der Waals surface area contributed by atoms with Gasteiger partial charge in [0, 0.05) is 19.0 Å². The SMILES string of the molecule is Cn1c(=O)c(O)c(C(=O)NCCCOc2ccc(C(=O)O)cc2)c2ccccc21. The van der Waals surface area contributed by atoms with Crippen molar-refractivity contribution in [3.05, 3.63) is 70.0 Å². The van der Waals surface area contributed by atoms with Gasteiger partial charge in [-0.05, 0) is 36.8 Å². The summed E-state index contributed by atoms with van der Waals surface area (Å²) < 4.78 is 6.81. The lowest BCUT2D eigenvalue weighted by molar-refractivity contribution is 0.0696. The van der Waals surface area contributed by atoms with E-state index in [4.69, 9.17) is 9.84 Å². The number of fused-ring (bicyclic) bond motifs is 1. The van der Waals surface area contributed by atoms with Crippen LogP contribution in [0.2, 0.25) is 0 Å². The summed E-state index contributed by atoms with van der Waals surface area (Å²) in [6, 6.07) is 12.9. The summed E-state index contributed by atoms with van der Waals surface area (Å²) in [5, 5.41) is 22.2. The van der Waals surface area contributed by atoms with Crippen LogP contribution in [-0.2, 0) is 7.05 Å². The molecule has 2 aromatic carbocycles. The summed E-state index contributed by atoms with van der Waals surface area (Å²) in [6.45, 7) is 0.574. The Labute approximate surface area is 166 Å². The molecule has 8 nitrogen and oxygen atoms in total. The second kappa shape index (κ2) is 8.47. The molecule has 0 unspecified atom stereocenters. The Morgan fingerprint density at radius 3 is 2.48 bits per heavy atom. The minimum atomic E-state index is -1.01. The molecule has 150 valence electrons. The van der Waals surface area contributed by atoms with Gasteiger partial charge in [-0.3, -0.25) is 9.59 Å². The number of carbonyl (C=O) groups is 2. The van der Waals surface area contributed by atoms with Crippen molar-refractivity contribution in [1.82, 2.24) is 9.88 Å². The van der Waals surface area contributed by atoms with Crippen molar-refractivity contribution in [2.75, 3.05) is 13.2 Å². The van der Waals surface area contributed by atoms with Crippen molar-refractivity contribution in [3.63, 3.8) is 0 Å². The molecule has 0 atom stereocenters. The van der Waals surface area contributed by atoms with Gasteiger partial charge in [0.25, 0.3) is 11.5 Å². The van der Waals surface area contributed by atoms with E-state index >= 15 is 0 Å². The Hall–Kier alpha value is -3.81. The zero-order chi connectivity index (χ0) is 21.0. The van der Waals surface area contributed by atoms with Crippen molar-refractivity contribution >= 4 is 22.8 Å². The summed E-state index contributed by atoms with van der Waals surface area (Å²) in [7, 11) is 1.53. The van der Waals surface area contributed by atoms with Gasteiger partial charge >= 0.3 is 5.97 Å². The molecule has 3 aromatic rings. The molecule has 8 heteroatoms. The van der Waals surface area contributed by atoms with Crippen LogP contribution in [0.15, 0.2) is 53.3 Å². The van der Waals surface area contributed by atoms with E-state index in [1.54, 1.807) is 36.4 Å². The lowest BCUT2D eigenvalue weighted by Gasteiger charge is -2.12. The maximum absolute atomic E-state index is 12.6. The number of aromatic hydroxyl groups is 1. The number of ether oxygens (including phenoxy) is 1. The molecule has 0 radical (unpaired) electrons. The monoisotopic (exact) mass is 396 g/mol. The van der Waals surface area contributed by atoms with Crippen molar-refractivity contribution in [2.24, 2.45) is 7.05 Å². The van der Waals surface area contributed by atoms with E-state index in [9.17, 15) is 19.5 Å². The van der Waals surface area contributed by atoms with Crippen molar-refractivity contribution in [3.8, 4) is 11.5 Å². The maximum Gasteiger partial charge on any atom is 0.335 e. The van der Waals surface area contributed by atoms with E-state index in [-0.39, 0.29) is 17.7 Å². The van der Waals surface area contributed by atoms with Gasteiger partial charge in [-0.15, -0.1) is 0 Å². The van der Waals surface area contributed by atoms with E-state index in [0.717, 1.165) is 0 Å². The van der Waals surface area contributed by atoms with Crippen LogP contribution in [0.1, 0.15) is 27.1 Å². The van der Waals surface area contributed by atoms with Crippen LogP contribution >= 0.6 is 0 Å². The first-order valence-electron chi connectivity index (χ1n) is 8.95. The zero-order valence-corrected chi connectivity index (χ0v) is 15.7. The van der Waals surface area contributed by atoms with Crippen LogP contribution in [0.4, 0.5) is 0 Å². The van der Waals surface area contributed by atoms with Crippen LogP contribution in [0.3, 0.4) is 0 Å². The second-order valence-corrected chi connectivity index (χ2v) is 6.39. The van der Waals surface area contributed by atoms with Gasteiger partial charge in [0.05, 0.1) is 23.3 Å². The predicted molar refractivity (Wildman–Crippen MR) is 107 cm³/mol. The molecule has 1 amide bonds. The van der Waals surface area contributed by atoms with Gasteiger partial charge in [0.15, 0.2) is 5.75 Å². The number of aromatic carboxylic acids is 1. The number of carboxylic acid groups (broad SMARTS) is 1. The molecular formula is C21H20N2O6. The first-order chi connectivity index (χ1) is 13.9. The number of rotatable bonds is 7. The Balaban J connectivity index is 1.60. The van der Waals surface area contributed by atoms with Gasteiger partial charge in [0.1, 0.15) is 5.75 Å². The van der Waals surface area contributed by atoms with E-state index in [2.05, 4.69) is 5.32 Å². The quantitative estimate of drug-likeness (QED) is 0.527. The molecule has 0 aliphatic carbocycles. The van der Waals surface area contributed by atoms with Gasteiger partial charge < -0.3 is 24.8 Å².